The Morgan fingerprint density at radius 1 is 1.00 bits per heavy atom. The fourth-order valence-electron chi connectivity index (χ4n) is 2.82. The summed E-state index contributed by atoms with van der Waals surface area (Å²) in [4.78, 5) is 16.7. The minimum absolute atomic E-state index is 0.0912. The van der Waals surface area contributed by atoms with Crippen molar-refractivity contribution >= 4 is 28.0 Å². The molecular weight excluding hydrogens is 376 g/mol. The Hall–Kier alpha value is -2.77. The van der Waals surface area contributed by atoms with E-state index in [1.165, 1.54) is 31.8 Å². The molecule has 0 spiro atoms. The Morgan fingerprint density at radius 3 is 2.36 bits per heavy atom. The Morgan fingerprint density at radius 2 is 1.68 bits per heavy atom. The van der Waals surface area contributed by atoms with E-state index in [2.05, 4.69) is 11.1 Å². The van der Waals surface area contributed by atoms with Gasteiger partial charge in [0.2, 0.25) is 15.9 Å². The lowest BCUT2D eigenvalue weighted by Crippen LogP contribution is -2.22. The smallest absolute Gasteiger partial charge is 0.363 e. The molecule has 0 radical (unpaired) electrons. The second-order valence-corrected chi connectivity index (χ2v) is 9.10. The van der Waals surface area contributed by atoms with Gasteiger partial charge in [-0.15, -0.1) is 0 Å². The number of aliphatic imine (C=N–C) groups is 1. The molecule has 1 aliphatic heterocycles. The number of aryl methyl sites for hydroxylation is 3. The van der Waals surface area contributed by atoms with Crippen LogP contribution < -0.4 is 0 Å². The van der Waals surface area contributed by atoms with E-state index < -0.39 is 16.0 Å². The zero-order valence-electron chi connectivity index (χ0n) is 16.5. The standard InChI is InChI=1S/C21H22N2O4S/c1-13-9-15(3)17(10-14(13)2)12-19-21(24)27-20(22-19)16-7-6-8-18(11-16)28(25,26)23(4)5/h6-12H,1-5H3/b19-12-. The third-order valence-electron chi connectivity index (χ3n) is 4.65. The summed E-state index contributed by atoms with van der Waals surface area (Å²) in [6.07, 6.45) is 1.69. The predicted molar refractivity (Wildman–Crippen MR) is 109 cm³/mol. The maximum atomic E-state index is 12.3. The number of hydrogen-bond donors (Lipinski definition) is 0. The summed E-state index contributed by atoms with van der Waals surface area (Å²) in [6, 6.07) is 10.3. The number of sulfonamides is 1. The van der Waals surface area contributed by atoms with Crippen molar-refractivity contribution in [1.82, 2.24) is 4.31 Å². The van der Waals surface area contributed by atoms with Crippen molar-refractivity contribution in [2.24, 2.45) is 4.99 Å². The number of nitrogens with zero attached hydrogens (tertiary/aromatic N) is 2. The van der Waals surface area contributed by atoms with Crippen LogP contribution in [-0.2, 0) is 19.6 Å². The Kier molecular flexibility index (Phi) is 5.23. The minimum Gasteiger partial charge on any atom is -0.402 e. The maximum Gasteiger partial charge on any atom is 0.363 e. The van der Waals surface area contributed by atoms with Gasteiger partial charge < -0.3 is 4.74 Å². The van der Waals surface area contributed by atoms with Crippen LogP contribution in [0.4, 0.5) is 0 Å². The highest BCUT2D eigenvalue weighted by Crippen LogP contribution is 2.24. The van der Waals surface area contributed by atoms with Crippen LogP contribution in [0, 0.1) is 20.8 Å². The van der Waals surface area contributed by atoms with E-state index in [9.17, 15) is 13.2 Å². The number of hydrogen-bond acceptors (Lipinski definition) is 5. The summed E-state index contributed by atoms with van der Waals surface area (Å²) >= 11 is 0. The van der Waals surface area contributed by atoms with Gasteiger partial charge in [-0.25, -0.2) is 22.5 Å². The van der Waals surface area contributed by atoms with Crippen LogP contribution in [0.25, 0.3) is 6.08 Å². The Bertz CT molecular complexity index is 1130. The molecule has 0 saturated carbocycles. The molecule has 2 aromatic rings. The molecule has 0 atom stereocenters. The monoisotopic (exact) mass is 398 g/mol. The second-order valence-electron chi connectivity index (χ2n) is 6.94. The normalized spacial score (nSPS) is 15.9. The molecule has 0 aromatic heterocycles. The molecule has 0 unspecified atom stereocenters. The topological polar surface area (TPSA) is 76.0 Å². The first-order valence-corrected chi connectivity index (χ1v) is 10.2. The molecule has 0 saturated heterocycles. The lowest BCUT2D eigenvalue weighted by Gasteiger charge is -2.11. The molecule has 0 bridgehead atoms. The van der Waals surface area contributed by atoms with E-state index in [1.807, 2.05) is 26.8 Å². The van der Waals surface area contributed by atoms with E-state index in [-0.39, 0.29) is 16.5 Å². The third kappa shape index (κ3) is 3.76. The first-order valence-electron chi connectivity index (χ1n) is 8.73. The molecule has 28 heavy (non-hydrogen) atoms. The molecule has 0 N–H and O–H groups in total. The molecule has 0 fully saturated rings. The van der Waals surface area contributed by atoms with Gasteiger partial charge in [0.1, 0.15) is 0 Å². The van der Waals surface area contributed by atoms with Crippen LogP contribution in [0.2, 0.25) is 0 Å². The quantitative estimate of drug-likeness (QED) is 0.585. The van der Waals surface area contributed by atoms with Crippen molar-refractivity contribution in [3.8, 4) is 0 Å². The summed E-state index contributed by atoms with van der Waals surface area (Å²) in [5, 5.41) is 0. The van der Waals surface area contributed by atoms with Gasteiger partial charge in [-0.2, -0.15) is 0 Å². The lowest BCUT2D eigenvalue weighted by molar-refractivity contribution is -0.129. The van der Waals surface area contributed by atoms with Gasteiger partial charge in [0, 0.05) is 19.7 Å². The van der Waals surface area contributed by atoms with Crippen LogP contribution in [0.1, 0.15) is 27.8 Å². The average Bonchev–Trinajstić information content (AvgIpc) is 3.00. The first-order chi connectivity index (χ1) is 13.1. The molecule has 2 aromatic carbocycles. The summed E-state index contributed by atoms with van der Waals surface area (Å²) in [6.45, 7) is 6.02. The Balaban J connectivity index is 2.01. The molecule has 6 nitrogen and oxygen atoms in total. The summed E-state index contributed by atoms with van der Waals surface area (Å²) in [7, 11) is -0.675. The van der Waals surface area contributed by atoms with Crippen LogP contribution in [-0.4, -0.2) is 38.7 Å². The number of benzene rings is 2. The molecule has 146 valence electrons. The number of carbonyl (C=O) groups excluding carboxylic acids is 1. The van der Waals surface area contributed by atoms with E-state index in [0.717, 1.165) is 21.0 Å². The van der Waals surface area contributed by atoms with E-state index >= 15 is 0 Å². The van der Waals surface area contributed by atoms with E-state index in [1.54, 1.807) is 18.2 Å². The number of esters is 1. The lowest BCUT2D eigenvalue weighted by atomic mass is 10.0. The first kappa shape index (κ1) is 20.0. The number of ether oxygens (including phenoxy) is 1. The molecule has 0 amide bonds. The number of cyclic esters (lactones) is 1. The van der Waals surface area contributed by atoms with Crippen LogP contribution >= 0.6 is 0 Å². The number of rotatable bonds is 4. The van der Waals surface area contributed by atoms with Crippen molar-refractivity contribution in [2.45, 2.75) is 25.7 Å². The SMILES string of the molecule is Cc1cc(C)c(/C=C2\N=C(c3cccc(S(=O)(=O)N(C)C)c3)OC2=O)cc1C. The highest BCUT2D eigenvalue weighted by atomic mass is 32.2. The highest BCUT2D eigenvalue weighted by molar-refractivity contribution is 7.89. The van der Waals surface area contributed by atoms with E-state index in [0.29, 0.717) is 5.56 Å². The summed E-state index contributed by atoms with van der Waals surface area (Å²) in [5.41, 5.74) is 4.83. The second kappa shape index (κ2) is 7.33. The van der Waals surface area contributed by atoms with Gasteiger partial charge in [0.25, 0.3) is 0 Å². The van der Waals surface area contributed by atoms with Gasteiger partial charge in [-0.1, -0.05) is 18.2 Å². The highest BCUT2D eigenvalue weighted by Gasteiger charge is 2.26. The third-order valence-corrected chi connectivity index (χ3v) is 6.47. The zero-order valence-corrected chi connectivity index (χ0v) is 17.3. The van der Waals surface area contributed by atoms with Gasteiger partial charge in [-0.05, 0) is 67.3 Å². The van der Waals surface area contributed by atoms with Gasteiger partial charge in [0.05, 0.1) is 4.90 Å². The fraction of sp³-hybridized carbons (Fsp3) is 0.238. The Labute approximate surface area is 165 Å². The zero-order chi connectivity index (χ0) is 20.6. The van der Waals surface area contributed by atoms with Gasteiger partial charge in [-0.3, -0.25) is 0 Å². The van der Waals surface area contributed by atoms with E-state index in [4.69, 9.17) is 4.74 Å². The molecule has 1 aliphatic rings. The fourth-order valence-corrected chi connectivity index (χ4v) is 3.77. The van der Waals surface area contributed by atoms with Crippen molar-refractivity contribution < 1.29 is 17.9 Å². The van der Waals surface area contributed by atoms with Crippen molar-refractivity contribution in [3.05, 3.63) is 69.9 Å². The van der Waals surface area contributed by atoms with Crippen molar-refractivity contribution in [1.29, 1.82) is 0 Å². The largest absolute Gasteiger partial charge is 0.402 e. The minimum atomic E-state index is -3.60. The van der Waals surface area contributed by atoms with Crippen molar-refractivity contribution in [2.75, 3.05) is 14.1 Å². The van der Waals surface area contributed by atoms with Crippen LogP contribution in [0.15, 0.2) is 52.0 Å². The van der Waals surface area contributed by atoms with Crippen molar-refractivity contribution in [3.63, 3.8) is 0 Å². The van der Waals surface area contributed by atoms with Gasteiger partial charge in [0.15, 0.2) is 5.70 Å². The van der Waals surface area contributed by atoms with Gasteiger partial charge >= 0.3 is 5.97 Å². The molecule has 1 heterocycles. The van der Waals surface area contributed by atoms with Crippen LogP contribution in [0.3, 0.4) is 0 Å². The summed E-state index contributed by atoms with van der Waals surface area (Å²) in [5.74, 6) is -0.470. The predicted octanol–water partition coefficient (Wildman–Crippen LogP) is 3.21. The molecule has 7 heteroatoms. The molecule has 0 aliphatic carbocycles. The molecule has 3 rings (SSSR count). The summed E-state index contributed by atoms with van der Waals surface area (Å²) < 4.78 is 31.1. The maximum absolute atomic E-state index is 12.3. The molecular formula is C21H22N2O4S. The average molecular weight is 398 g/mol. The number of carbonyl (C=O) groups is 1. The van der Waals surface area contributed by atoms with Crippen LogP contribution in [0.5, 0.6) is 0 Å².